The van der Waals surface area contributed by atoms with E-state index < -0.39 is 0 Å². The van der Waals surface area contributed by atoms with Crippen molar-refractivity contribution in [3.63, 3.8) is 0 Å². The molecule has 0 atom stereocenters. The SMILES string of the molecule is CCC(CC)C(=O)/C=C(\[N-]C(C)C)C(CC)CC.Cc1cc2c(c3oc4c(-c5[c-]c6ccccc6c(C(C)(C)C)c5)ncnc4c13)C(C)(C)CCC2(C)C.[Ir]. The van der Waals surface area contributed by atoms with Crippen molar-refractivity contribution in [3.05, 3.63) is 88.1 Å². The van der Waals surface area contributed by atoms with E-state index in [9.17, 15) is 4.79 Å². The molecule has 0 fully saturated rings. The summed E-state index contributed by atoms with van der Waals surface area (Å²) in [4.78, 5) is 21.7. The molecule has 0 N–H and O–H groups in total. The molecule has 6 heteroatoms. The van der Waals surface area contributed by atoms with Crippen molar-refractivity contribution in [2.45, 2.75) is 158 Å². The first-order chi connectivity index (χ1) is 25.4. The molecule has 2 heterocycles. The summed E-state index contributed by atoms with van der Waals surface area (Å²) < 4.78 is 6.84. The van der Waals surface area contributed by atoms with Gasteiger partial charge in [-0.3, -0.25) is 9.78 Å². The summed E-state index contributed by atoms with van der Waals surface area (Å²) in [6, 6.07) is 17.0. The van der Waals surface area contributed by atoms with Crippen LogP contribution in [0.25, 0.3) is 49.4 Å². The molecule has 299 valence electrons. The number of furan rings is 1. The summed E-state index contributed by atoms with van der Waals surface area (Å²) in [5, 5.41) is 8.10. The van der Waals surface area contributed by atoms with Crippen molar-refractivity contribution in [3.8, 4) is 11.3 Å². The number of rotatable bonds is 10. The van der Waals surface area contributed by atoms with E-state index >= 15 is 0 Å². The Morgan fingerprint density at radius 2 is 1.53 bits per heavy atom. The fourth-order valence-electron chi connectivity index (χ4n) is 8.41. The van der Waals surface area contributed by atoms with E-state index in [1.54, 1.807) is 6.33 Å². The molecule has 0 saturated heterocycles. The van der Waals surface area contributed by atoms with Crippen LogP contribution in [0.5, 0.6) is 0 Å². The Bertz CT molecular complexity index is 2160. The fraction of sp³-hybridized carbons (Fsp3) is 0.531. The number of carbonyl (C=O) groups excluding carboxylic acids is 1. The van der Waals surface area contributed by atoms with E-state index in [4.69, 9.17) is 14.4 Å². The van der Waals surface area contributed by atoms with Crippen molar-refractivity contribution >= 4 is 38.6 Å². The van der Waals surface area contributed by atoms with E-state index in [1.807, 2.05) is 6.08 Å². The Labute approximate surface area is 345 Å². The zero-order chi connectivity index (χ0) is 39.7. The summed E-state index contributed by atoms with van der Waals surface area (Å²) in [5.41, 5.74) is 10.8. The molecule has 5 aromatic rings. The summed E-state index contributed by atoms with van der Waals surface area (Å²) in [5.74, 6) is 0.841. The minimum absolute atomic E-state index is 0. The van der Waals surface area contributed by atoms with Crippen LogP contribution in [-0.2, 0) is 41.1 Å². The number of benzene rings is 3. The van der Waals surface area contributed by atoms with E-state index in [-0.39, 0.29) is 54.1 Å². The van der Waals surface area contributed by atoms with Gasteiger partial charge in [-0.25, -0.2) is 4.98 Å². The van der Waals surface area contributed by atoms with Gasteiger partial charge in [0.25, 0.3) is 0 Å². The van der Waals surface area contributed by atoms with Crippen LogP contribution in [0.4, 0.5) is 0 Å². The average molecular weight is 920 g/mol. The van der Waals surface area contributed by atoms with Crippen LogP contribution in [0.1, 0.15) is 151 Å². The first kappa shape index (κ1) is 44.4. The number of nitrogens with zero attached hydrogens (tertiary/aromatic N) is 3. The molecule has 0 unspecified atom stereocenters. The van der Waals surface area contributed by atoms with Gasteiger partial charge in [0, 0.05) is 37.0 Å². The molecule has 0 amide bonds. The molecule has 1 aliphatic rings. The molecule has 55 heavy (non-hydrogen) atoms. The summed E-state index contributed by atoms with van der Waals surface area (Å²) in [7, 11) is 0. The maximum atomic E-state index is 12.2. The molecule has 2 aromatic heterocycles. The Balaban J connectivity index is 0.000000304. The van der Waals surface area contributed by atoms with Gasteiger partial charge in [0.15, 0.2) is 5.78 Å². The van der Waals surface area contributed by atoms with Gasteiger partial charge >= 0.3 is 0 Å². The van der Waals surface area contributed by atoms with Crippen LogP contribution in [0.3, 0.4) is 0 Å². The van der Waals surface area contributed by atoms with Crippen LogP contribution < -0.4 is 0 Å². The van der Waals surface area contributed by atoms with Crippen LogP contribution in [0, 0.1) is 24.8 Å². The van der Waals surface area contributed by atoms with Crippen molar-refractivity contribution in [2.75, 3.05) is 0 Å². The topological polar surface area (TPSA) is 70.1 Å². The second kappa shape index (κ2) is 17.4. The van der Waals surface area contributed by atoms with Gasteiger partial charge < -0.3 is 9.73 Å². The Morgan fingerprint density at radius 3 is 2.13 bits per heavy atom. The molecular formula is C49H65IrN3O2-2. The van der Waals surface area contributed by atoms with Crippen LogP contribution in [0.2, 0.25) is 0 Å². The maximum absolute atomic E-state index is 12.2. The number of hydrogen-bond donors (Lipinski definition) is 0. The number of aromatic nitrogens is 2. The summed E-state index contributed by atoms with van der Waals surface area (Å²) >= 11 is 0. The van der Waals surface area contributed by atoms with Crippen molar-refractivity contribution in [2.24, 2.45) is 11.8 Å². The predicted molar refractivity (Wildman–Crippen MR) is 230 cm³/mol. The molecule has 0 aliphatic heterocycles. The second-order valence-corrected chi connectivity index (χ2v) is 18.2. The van der Waals surface area contributed by atoms with Gasteiger partial charge in [-0.1, -0.05) is 138 Å². The van der Waals surface area contributed by atoms with E-state index in [0.717, 1.165) is 76.5 Å². The predicted octanol–water partition coefficient (Wildman–Crippen LogP) is 14.0. The monoisotopic (exact) mass is 920 g/mol. The third kappa shape index (κ3) is 9.12. The standard InChI is InChI=1S/C33H35N2O.C16H31NO.Ir/c1-19-15-24-26(33(7,8)14-13-32(24,5)6)29-25(19)28-30(36-29)27(34-18-35-28)21-16-20-11-9-10-12-22(20)23(17-21)31(2,3)4;1-7-13(8-2)15(17-12(5)6)11-16(18)14(9-3)10-4;/h9-12,15,17-18H,13-14H2,1-8H3;11-14H,7-10H2,1-6H3,(H,17,18);/q-1;;/p-1. The van der Waals surface area contributed by atoms with Crippen molar-refractivity contribution < 1.29 is 29.3 Å². The maximum Gasteiger partial charge on any atom is 0.157 e. The van der Waals surface area contributed by atoms with Gasteiger partial charge in [-0.05, 0) is 72.0 Å². The number of hydrogen-bond acceptors (Lipinski definition) is 4. The molecule has 0 saturated carbocycles. The van der Waals surface area contributed by atoms with Crippen molar-refractivity contribution in [1.29, 1.82) is 0 Å². The fourth-order valence-corrected chi connectivity index (χ4v) is 8.41. The Morgan fingerprint density at radius 1 is 0.909 bits per heavy atom. The Kier molecular flexibility index (Phi) is 14.1. The number of fused-ring (bicyclic) bond motifs is 6. The zero-order valence-corrected chi connectivity index (χ0v) is 38.5. The molecule has 6 rings (SSSR count). The normalized spacial score (nSPS) is 15.3. The van der Waals surface area contributed by atoms with E-state index in [1.165, 1.54) is 34.1 Å². The zero-order valence-electron chi connectivity index (χ0n) is 36.1. The smallest absolute Gasteiger partial charge is 0.157 e. The Hall–Kier alpha value is -3.34. The van der Waals surface area contributed by atoms with E-state index in [0.29, 0.717) is 5.92 Å². The van der Waals surface area contributed by atoms with Gasteiger partial charge in [0.2, 0.25) is 0 Å². The van der Waals surface area contributed by atoms with Crippen LogP contribution in [-0.4, -0.2) is 21.8 Å². The van der Waals surface area contributed by atoms with Gasteiger partial charge in [0.05, 0.1) is 5.69 Å². The third-order valence-electron chi connectivity index (χ3n) is 11.8. The van der Waals surface area contributed by atoms with Gasteiger partial charge in [-0.15, -0.1) is 35.2 Å². The average Bonchev–Trinajstić information content (AvgIpc) is 3.51. The number of ketones is 1. The van der Waals surface area contributed by atoms with Crippen LogP contribution in [0.15, 0.2) is 58.9 Å². The van der Waals surface area contributed by atoms with Gasteiger partial charge in [0.1, 0.15) is 23.0 Å². The molecular weight excluding hydrogens is 855 g/mol. The molecule has 5 nitrogen and oxygen atoms in total. The minimum Gasteiger partial charge on any atom is -0.685 e. The van der Waals surface area contributed by atoms with Crippen molar-refractivity contribution in [1.82, 2.24) is 9.97 Å². The largest absolute Gasteiger partial charge is 0.685 e. The van der Waals surface area contributed by atoms with Gasteiger partial charge in [-0.2, -0.15) is 5.70 Å². The van der Waals surface area contributed by atoms with E-state index in [2.05, 4.69) is 145 Å². The summed E-state index contributed by atoms with van der Waals surface area (Å²) in [6.45, 7) is 31.0. The molecule has 3 aromatic carbocycles. The first-order valence-corrected chi connectivity index (χ1v) is 20.5. The minimum atomic E-state index is -0.0191. The summed E-state index contributed by atoms with van der Waals surface area (Å²) in [6.07, 6.45) is 9.74. The number of allylic oxidation sites excluding steroid dienone is 2. The second-order valence-electron chi connectivity index (χ2n) is 18.2. The molecule has 1 aliphatic carbocycles. The third-order valence-corrected chi connectivity index (χ3v) is 11.8. The molecule has 0 bridgehead atoms. The molecule has 0 spiro atoms. The number of aryl methyl sites for hydroxylation is 1. The first-order valence-electron chi connectivity index (χ1n) is 20.5. The molecule has 1 radical (unpaired) electrons. The number of carbonyl (C=O) groups is 1. The quantitative estimate of drug-likeness (QED) is 0.103. The van der Waals surface area contributed by atoms with Crippen LogP contribution >= 0.6 is 0 Å².